The summed E-state index contributed by atoms with van der Waals surface area (Å²) >= 11 is 5.87. The average Bonchev–Trinajstić information content (AvgIpc) is 2.38. The van der Waals surface area contributed by atoms with Gasteiger partial charge >= 0.3 is 5.97 Å². The summed E-state index contributed by atoms with van der Waals surface area (Å²) in [7, 11) is 0. The molecule has 20 heavy (non-hydrogen) atoms. The third kappa shape index (κ3) is 3.02. The van der Waals surface area contributed by atoms with Crippen LogP contribution in [0.5, 0.6) is 0 Å². The van der Waals surface area contributed by atoms with Crippen molar-refractivity contribution in [3.8, 4) is 0 Å². The van der Waals surface area contributed by atoms with Crippen LogP contribution in [0.4, 0.5) is 0 Å². The summed E-state index contributed by atoms with van der Waals surface area (Å²) in [5, 5.41) is 3.31. The number of hydrogen-bond acceptors (Lipinski definition) is 3. The van der Waals surface area contributed by atoms with Gasteiger partial charge in [0.15, 0.2) is 0 Å². The molecule has 1 aliphatic heterocycles. The molecule has 1 heterocycles. The molecule has 0 spiro atoms. The number of rotatable bonds is 3. The molecule has 0 fully saturated rings. The van der Waals surface area contributed by atoms with Crippen molar-refractivity contribution in [1.82, 2.24) is 5.32 Å². The van der Waals surface area contributed by atoms with Crippen molar-refractivity contribution in [3.63, 3.8) is 0 Å². The fraction of sp³-hybridized carbons (Fsp3) is 0.333. The van der Waals surface area contributed by atoms with E-state index in [1.165, 1.54) is 0 Å². The van der Waals surface area contributed by atoms with E-state index in [4.69, 9.17) is 16.3 Å². The number of nitrogens with one attached hydrogen (secondary N) is 1. The summed E-state index contributed by atoms with van der Waals surface area (Å²) in [6.07, 6.45) is 0.229. The molecule has 1 atom stereocenters. The topological polar surface area (TPSA) is 55.4 Å². The standard InChI is InChI=1S/C15H16ClNO3/c1-3-20-15(19)14-9(2)17-13(18)8-12(14)10-4-6-11(16)7-5-10/h4-7,12H,3,8H2,1-2H3,(H,17,18)/t12-/m0/s1. The Kier molecular flexibility index (Phi) is 4.45. The maximum atomic E-state index is 12.1. The van der Waals surface area contributed by atoms with Gasteiger partial charge in [0, 0.05) is 23.1 Å². The van der Waals surface area contributed by atoms with Crippen molar-refractivity contribution in [2.75, 3.05) is 6.61 Å². The SMILES string of the molecule is CCOC(=O)C1=C(C)NC(=O)C[C@H]1c1ccc(Cl)cc1. The van der Waals surface area contributed by atoms with E-state index in [0.717, 1.165) is 5.56 Å². The van der Waals surface area contributed by atoms with Crippen molar-refractivity contribution >= 4 is 23.5 Å². The second kappa shape index (κ2) is 6.09. The highest BCUT2D eigenvalue weighted by atomic mass is 35.5. The highest BCUT2D eigenvalue weighted by Gasteiger charge is 2.32. The third-order valence-corrected chi connectivity index (χ3v) is 3.49. The molecule has 0 radical (unpaired) electrons. The second-order valence-corrected chi connectivity index (χ2v) is 5.05. The first-order valence-electron chi connectivity index (χ1n) is 6.46. The van der Waals surface area contributed by atoms with Gasteiger partial charge in [0.1, 0.15) is 0 Å². The Bertz CT molecular complexity index is 563. The van der Waals surface area contributed by atoms with E-state index in [1.807, 2.05) is 12.1 Å². The van der Waals surface area contributed by atoms with Crippen LogP contribution in [-0.4, -0.2) is 18.5 Å². The molecule has 0 aromatic heterocycles. The summed E-state index contributed by atoms with van der Waals surface area (Å²) in [5.74, 6) is -0.777. The minimum atomic E-state index is -0.384. The lowest BCUT2D eigenvalue weighted by molar-refractivity contribution is -0.139. The van der Waals surface area contributed by atoms with Crippen LogP contribution in [0.1, 0.15) is 31.7 Å². The van der Waals surface area contributed by atoms with Crippen LogP contribution >= 0.6 is 11.6 Å². The largest absolute Gasteiger partial charge is 0.463 e. The van der Waals surface area contributed by atoms with Crippen molar-refractivity contribution < 1.29 is 14.3 Å². The number of hydrogen-bond donors (Lipinski definition) is 1. The minimum Gasteiger partial charge on any atom is -0.463 e. The van der Waals surface area contributed by atoms with Gasteiger partial charge in [-0.05, 0) is 31.5 Å². The number of esters is 1. The lowest BCUT2D eigenvalue weighted by Gasteiger charge is -2.26. The molecule has 1 aromatic carbocycles. The molecule has 2 rings (SSSR count). The number of carbonyl (C=O) groups is 2. The molecule has 0 saturated carbocycles. The summed E-state index contributed by atoms with van der Waals surface area (Å²) in [5.41, 5.74) is 1.94. The van der Waals surface area contributed by atoms with Gasteiger partial charge in [-0.25, -0.2) is 4.79 Å². The van der Waals surface area contributed by atoms with Gasteiger partial charge in [-0.3, -0.25) is 4.79 Å². The van der Waals surface area contributed by atoms with Crippen LogP contribution in [0.25, 0.3) is 0 Å². The molecule has 5 heteroatoms. The average molecular weight is 294 g/mol. The number of allylic oxidation sites excluding steroid dienone is 1. The molecule has 0 aliphatic carbocycles. The lowest BCUT2D eigenvalue weighted by Crippen LogP contribution is -2.34. The van der Waals surface area contributed by atoms with Crippen molar-refractivity contribution in [3.05, 3.63) is 46.1 Å². The normalized spacial score (nSPS) is 18.8. The van der Waals surface area contributed by atoms with Gasteiger partial charge in [0.2, 0.25) is 5.91 Å². The maximum absolute atomic E-state index is 12.1. The van der Waals surface area contributed by atoms with Gasteiger partial charge in [0.25, 0.3) is 0 Å². The van der Waals surface area contributed by atoms with E-state index in [0.29, 0.717) is 22.9 Å². The van der Waals surface area contributed by atoms with Gasteiger partial charge in [0.05, 0.1) is 12.2 Å². The number of halogens is 1. The predicted octanol–water partition coefficient (Wildman–Crippen LogP) is 2.78. The van der Waals surface area contributed by atoms with Crippen LogP contribution < -0.4 is 5.32 Å². The Morgan fingerprint density at radius 3 is 2.65 bits per heavy atom. The smallest absolute Gasteiger partial charge is 0.336 e. The highest BCUT2D eigenvalue weighted by Crippen LogP contribution is 2.33. The lowest BCUT2D eigenvalue weighted by atomic mass is 9.84. The van der Waals surface area contributed by atoms with Crippen LogP contribution in [0.15, 0.2) is 35.5 Å². The summed E-state index contributed by atoms with van der Waals surface area (Å²) in [4.78, 5) is 23.8. The van der Waals surface area contributed by atoms with E-state index in [1.54, 1.807) is 26.0 Å². The van der Waals surface area contributed by atoms with E-state index < -0.39 is 0 Å². The fourth-order valence-corrected chi connectivity index (χ4v) is 2.49. The Morgan fingerprint density at radius 2 is 2.05 bits per heavy atom. The quantitative estimate of drug-likeness (QED) is 0.872. The predicted molar refractivity (Wildman–Crippen MR) is 76.3 cm³/mol. The van der Waals surface area contributed by atoms with E-state index >= 15 is 0 Å². The molecule has 0 saturated heterocycles. The number of amides is 1. The van der Waals surface area contributed by atoms with Crippen LogP contribution in [0.2, 0.25) is 5.02 Å². The van der Waals surface area contributed by atoms with E-state index in [-0.39, 0.29) is 24.2 Å². The Balaban J connectivity index is 2.41. The first-order chi connectivity index (χ1) is 9.52. The molecule has 1 amide bonds. The summed E-state index contributed by atoms with van der Waals surface area (Å²) < 4.78 is 5.09. The van der Waals surface area contributed by atoms with Crippen molar-refractivity contribution in [2.24, 2.45) is 0 Å². The van der Waals surface area contributed by atoms with Gasteiger partial charge in [-0.1, -0.05) is 23.7 Å². The van der Waals surface area contributed by atoms with E-state index in [9.17, 15) is 9.59 Å². The minimum absolute atomic E-state index is 0.101. The molecule has 1 aromatic rings. The zero-order valence-electron chi connectivity index (χ0n) is 11.4. The monoisotopic (exact) mass is 293 g/mol. The summed E-state index contributed by atoms with van der Waals surface area (Å²) in [6.45, 7) is 3.77. The number of ether oxygens (including phenoxy) is 1. The Morgan fingerprint density at radius 1 is 1.40 bits per heavy atom. The maximum Gasteiger partial charge on any atom is 0.336 e. The first-order valence-corrected chi connectivity index (χ1v) is 6.84. The summed E-state index contributed by atoms with van der Waals surface area (Å²) in [6, 6.07) is 7.17. The third-order valence-electron chi connectivity index (χ3n) is 3.24. The molecule has 0 unspecified atom stereocenters. The van der Waals surface area contributed by atoms with Gasteiger partial charge in [-0.15, -0.1) is 0 Å². The van der Waals surface area contributed by atoms with Crippen LogP contribution in [0, 0.1) is 0 Å². The second-order valence-electron chi connectivity index (χ2n) is 4.62. The fourth-order valence-electron chi connectivity index (χ4n) is 2.36. The molecule has 4 nitrogen and oxygen atoms in total. The highest BCUT2D eigenvalue weighted by molar-refractivity contribution is 6.30. The van der Waals surface area contributed by atoms with Gasteiger partial charge in [-0.2, -0.15) is 0 Å². The Hall–Kier alpha value is -1.81. The zero-order valence-corrected chi connectivity index (χ0v) is 12.2. The zero-order chi connectivity index (χ0) is 14.7. The van der Waals surface area contributed by atoms with Gasteiger partial charge < -0.3 is 10.1 Å². The first kappa shape index (κ1) is 14.6. The Labute approximate surface area is 122 Å². The van der Waals surface area contributed by atoms with Crippen LogP contribution in [0.3, 0.4) is 0 Å². The molecule has 1 aliphatic rings. The molecular formula is C15H16ClNO3. The molecular weight excluding hydrogens is 278 g/mol. The van der Waals surface area contributed by atoms with Crippen LogP contribution in [-0.2, 0) is 14.3 Å². The molecule has 106 valence electrons. The van der Waals surface area contributed by atoms with Crippen molar-refractivity contribution in [1.29, 1.82) is 0 Å². The van der Waals surface area contributed by atoms with Crippen molar-refractivity contribution in [2.45, 2.75) is 26.2 Å². The number of benzene rings is 1. The van der Waals surface area contributed by atoms with E-state index in [2.05, 4.69) is 5.32 Å². The molecule has 1 N–H and O–H groups in total. The number of carbonyl (C=O) groups excluding carboxylic acids is 2. The molecule has 0 bridgehead atoms.